The SMILES string of the molecule is CC(=O)Nc1c(I)c(NC(C)=O)c(I)c(C(=O)Oc2ccc([N+](=O)[O-])c(C(=O)OCC(F)(F)S(=O)(=O)[O-])c2)c1I. The first-order chi connectivity index (χ1) is 18.3. The van der Waals surface area contributed by atoms with Crippen LogP contribution in [-0.4, -0.2) is 53.5 Å². The minimum atomic E-state index is -6.21. The highest BCUT2D eigenvalue weighted by molar-refractivity contribution is 14.1. The van der Waals surface area contributed by atoms with Gasteiger partial charge in [0.1, 0.15) is 11.3 Å². The van der Waals surface area contributed by atoms with E-state index in [9.17, 15) is 51.0 Å². The number of anilines is 2. The Morgan fingerprint density at radius 3 is 1.90 bits per heavy atom. The number of nitrogens with zero attached hydrogens (tertiary/aromatic N) is 1. The number of nitro groups is 1. The molecule has 20 heteroatoms. The fourth-order valence-corrected chi connectivity index (χ4v) is 7.12. The van der Waals surface area contributed by atoms with Crippen molar-refractivity contribution < 1.29 is 55.3 Å². The van der Waals surface area contributed by atoms with E-state index < -0.39 is 67.7 Å². The molecule has 0 aliphatic heterocycles. The number of alkyl halides is 2. The maximum atomic E-state index is 13.4. The second-order valence-electron chi connectivity index (χ2n) is 7.42. The van der Waals surface area contributed by atoms with Crippen LogP contribution in [-0.2, 0) is 24.4 Å². The van der Waals surface area contributed by atoms with Crippen LogP contribution in [0.3, 0.4) is 0 Å². The van der Waals surface area contributed by atoms with Gasteiger partial charge in [0.15, 0.2) is 16.7 Å². The summed E-state index contributed by atoms with van der Waals surface area (Å²) < 4.78 is 68.8. The number of carbonyl (C=O) groups excluding carboxylic acids is 4. The van der Waals surface area contributed by atoms with Crippen LogP contribution in [0.25, 0.3) is 0 Å². The predicted octanol–water partition coefficient (Wildman–Crippen LogP) is 3.84. The molecule has 0 spiro atoms. The molecule has 0 aliphatic rings. The summed E-state index contributed by atoms with van der Waals surface area (Å²) in [6.07, 6.45) is 0. The van der Waals surface area contributed by atoms with Crippen molar-refractivity contribution >= 4 is 119 Å². The third-order valence-electron chi connectivity index (χ3n) is 4.46. The molecule has 0 radical (unpaired) electrons. The first-order valence-electron chi connectivity index (χ1n) is 10.0. The zero-order chi connectivity index (χ0) is 30.7. The van der Waals surface area contributed by atoms with Crippen molar-refractivity contribution in [3.63, 3.8) is 0 Å². The van der Waals surface area contributed by atoms with Crippen LogP contribution >= 0.6 is 67.8 Å². The highest BCUT2D eigenvalue weighted by Crippen LogP contribution is 2.39. The summed E-state index contributed by atoms with van der Waals surface area (Å²) in [5, 5.41) is 11.4. The van der Waals surface area contributed by atoms with E-state index in [2.05, 4.69) is 15.4 Å². The largest absolute Gasteiger partial charge is 0.743 e. The molecule has 2 rings (SSSR count). The van der Waals surface area contributed by atoms with Crippen LogP contribution in [0.2, 0.25) is 0 Å². The van der Waals surface area contributed by atoms with Crippen molar-refractivity contribution in [3.8, 4) is 5.75 Å². The van der Waals surface area contributed by atoms with E-state index in [0.717, 1.165) is 6.07 Å². The van der Waals surface area contributed by atoms with Crippen LogP contribution in [0.15, 0.2) is 18.2 Å². The molecule has 2 N–H and O–H groups in total. The van der Waals surface area contributed by atoms with E-state index in [1.54, 1.807) is 45.2 Å². The Bertz CT molecular complexity index is 1510. The number of nitro benzene ring substituents is 1. The number of ether oxygens (including phenoxy) is 2. The lowest BCUT2D eigenvalue weighted by Gasteiger charge is -2.19. The molecule has 0 bridgehead atoms. The quantitative estimate of drug-likeness (QED) is 0.0922. The van der Waals surface area contributed by atoms with Gasteiger partial charge in [0.25, 0.3) is 5.69 Å². The Hall–Kier alpha value is -2.32. The third-order valence-corrected chi connectivity index (χ3v) is 8.54. The van der Waals surface area contributed by atoms with Gasteiger partial charge in [-0.25, -0.2) is 18.0 Å². The molecular formula is C20H13F2I3N3O11S-. The van der Waals surface area contributed by atoms with E-state index in [4.69, 9.17) is 4.74 Å². The molecule has 0 aliphatic carbocycles. The average molecular weight is 922 g/mol. The Morgan fingerprint density at radius 2 is 1.48 bits per heavy atom. The summed E-state index contributed by atoms with van der Waals surface area (Å²) in [4.78, 5) is 59.3. The number of hydrogen-bond donors (Lipinski definition) is 2. The Labute approximate surface area is 264 Å². The van der Waals surface area contributed by atoms with Crippen molar-refractivity contribution in [1.82, 2.24) is 0 Å². The molecule has 14 nitrogen and oxygen atoms in total. The highest BCUT2D eigenvalue weighted by Gasteiger charge is 2.40. The van der Waals surface area contributed by atoms with Gasteiger partial charge in [-0.2, -0.15) is 8.78 Å². The third kappa shape index (κ3) is 7.90. The highest BCUT2D eigenvalue weighted by atomic mass is 127. The maximum Gasteiger partial charge on any atom is 0.367 e. The van der Waals surface area contributed by atoms with Crippen molar-refractivity contribution in [2.24, 2.45) is 0 Å². The normalized spacial score (nSPS) is 11.4. The molecule has 2 amide bonds. The number of esters is 2. The second kappa shape index (κ2) is 13.1. The van der Waals surface area contributed by atoms with Crippen LogP contribution < -0.4 is 15.4 Å². The van der Waals surface area contributed by atoms with Gasteiger partial charge in [0.2, 0.25) is 11.8 Å². The number of amides is 2. The van der Waals surface area contributed by atoms with E-state index in [-0.39, 0.29) is 24.1 Å². The molecule has 0 saturated heterocycles. The molecule has 40 heavy (non-hydrogen) atoms. The Balaban J connectivity index is 2.55. The van der Waals surface area contributed by atoms with Gasteiger partial charge in [-0.05, 0) is 73.8 Å². The van der Waals surface area contributed by atoms with E-state index >= 15 is 0 Å². The standard InChI is InChI=1S/C20H14F2I3N3O11S/c1-7(29)26-16-13(23)12(14(24)17(15(16)25)27-8(2)30)19(32)39-9-3-4-11(28(33)34)10(5-9)18(31)38-6-20(21,22)40(35,36)37/h3-5H,6H2,1-2H3,(H,26,29)(H,27,30)(H,35,36,37)/p-1. The number of benzene rings is 2. The fraction of sp³-hybridized carbons (Fsp3) is 0.200. The smallest absolute Gasteiger partial charge is 0.367 e. The van der Waals surface area contributed by atoms with Crippen LogP contribution in [0.5, 0.6) is 5.75 Å². The van der Waals surface area contributed by atoms with Crippen LogP contribution in [0.1, 0.15) is 34.6 Å². The molecule has 0 fully saturated rings. The van der Waals surface area contributed by atoms with E-state index in [0.29, 0.717) is 15.7 Å². The van der Waals surface area contributed by atoms with Gasteiger partial charge in [-0.3, -0.25) is 19.7 Å². The lowest BCUT2D eigenvalue weighted by Crippen LogP contribution is -2.34. The summed E-state index contributed by atoms with van der Waals surface area (Å²) in [6.45, 7) is 0.190. The summed E-state index contributed by atoms with van der Waals surface area (Å²) in [7, 11) is -6.21. The minimum absolute atomic E-state index is 0.156. The number of rotatable bonds is 9. The van der Waals surface area contributed by atoms with E-state index in [1.807, 2.05) is 22.6 Å². The van der Waals surface area contributed by atoms with Crippen LogP contribution in [0.4, 0.5) is 25.8 Å². The number of halogens is 5. The van der Waals surface area contributed by atoms with Gasteiger partial charge >= 0.3 is 17.2 Å². The Kier molecular flexibility index (Phi) is 11.1. The summed E-state index contributed by atoms with van der Waals surface area (Å²) in [5.74, 6) is -4.43. The monoisotopic (exact) mass is 922 g/mol. The summed E-state index contributed by atoms with van der Waals surface area (Å²) in [5.41, 5.74) is -1.81. The molecular weight excluding hydrogens is 909 g/mol. The second-order valence-corrected chi connectivity index (χ2v) is 12.2. The van der Waals surface area contributed by atoms with Crippen molar-refractivity contribution in [2.45, 2.75) is 19.1 Å². The van der Waals surface area contributed by atoms with Gasteiger partial charge in [-0.15, -0.1) is 0 Å². The number of carbonyl (C=O) groups is 4. The summed E-state index contributed by atoms with van der Waals surface area (Å²) >= 11 is 5.33. The van der Waals surface area contributed by atoms with Gasteiger partial charge in [-0.1, -0.05) is 0 Å². The molecule has 0 aromatic heterocycles. The first kappa shape index (κ1) is 33.9. The van der Waals surface area contributed by atoms with Crippen molar-refractivity contribution in [3.05, 3.63) is 50.2 Å². The number of hydrogen-bond acceptors (Lipinski definition) is 11. The van der Waals surface area contributed by atoms with Crippen LogP contribution in [0, 0.1) is 20.8 Å². The summed E-state index contributed by atoms with van der Waals surface area (Å²) in [6, 6.07) is 2.20. The molecule has 0 atom stereocenters. The zero-order valence-corrected chi connectivity index (χ0v) is 27.0. The molecule has 216 valence electrons. The number of nitrogens with one attached hydrogen (secondary N) is 2. The maximum absolute atomic E-state index is 13.4. The molecule has 2 aromatic carbocycles. The predicted molar refractivity (Wildman–Crippen MR) is 156 cm³/mol. The first-order valence-corrected chi connectivity index (χ1v) is 14.7. The van der Waals surface area contributed by atoms with Crippen molar-refractivity contribution in [1.29, 1.82) is 0 Å². The van der Waals surface area contributed by atoms with Gasteiger partial charge < -0.3 is 24.7 Å². The van der Waals surface area contributed by atoms with Gasteiger partial charge in [0.05, 0.1) is 32.6 Å². The molecule has 2 aromatic rings. The Morgan fingerprint density at radius 1 is 0.975 bits per heavy atom. The zero-order valence-electron chi connectivity index (χ0n) is 19.7. The fourth-order valence-electron chi connectivity index (χ4n) is 2.77. The lowest BCUT2D eigenvalue weighted by atomic mass is 10.1. The molecule has 0 heterocycles. The van der Waals surface area contributed by atoms with Gasteiger partial charge in [0, 0.05) is 26.0 Å². The molecule has 0 unspecified atom stereocenters. The van der Waals surface area contributed by atoms with E-state index in [1.165, 1.54) is 13.8 Å². The molecule has 0 saturated carbocycles. The topological polar surface area (TPSA) is 211 Å². The van der Waals surface area contributed by atoms with Crippen molar-refractivity contribution in [2.75, 3.05) is 17.2 Å². The lowest BCUT2D eigenvalue weighted by molar-refractivity contribution is -0.385. The average Bonchev–Trinajstić information content (AvgIpc) is 2.82. The minimum Gasteiger partial charge on any atom is -0.743 e.